The second kappa shape index (κ2) is 5.55. The highest BCUT2D eigenvalue weighted by molar-refractivity contribution is 5.68. The number of rotatable bonds is 4. The Morgan fingerprint density at radius 1 is 1.20 bits per heavy atom. The molecule has 1 N–H and O–H groups in total. The molecule has 0 spiro atoms. The summed E-state index contributed by atoms with van der Waals surface area (Å²) in [6, 6.07) is 0.316. The second-order valence-corrected chi connectivity index (χ2v) is 7.03. The van der Waals surface area contributed by atoms with Gasteiger partial charge in [0.1, 0.15) is 0 Å². The highest BCUT2D eigenvalue weighted by atomic mass is 16.5. The van der Waals surface area contributed by atoms with Crippen molar-refractivity contribution in [1.29, 1.82) is 0 Å². The molecule has 4 nitrogen and oxygen atoms in total. The van der Waals surface area contributed by atoms with E-state index in [1.165, 1.54) is 32.1 Å². The number of amides is 1. The van der Waals surface area contributed by atoms with Crippen molar-refractivity contribution in [3.05, 3.63) is 0 Å². The summed E-state index contributed by atoms with van der Waals surface area (Å²) in [6.07, 6.45) is 11.3. The normalized spacial score (nSPS) is 40.2. The molecular formula is C16H27NO3. The molecule has 2 heterocycles. The minimum atomic E-state index is -0.687. The van der Waals surface area contributed by atoms with Crippen LogP contribution in [0, 0.1) is 5.92 Å². The minimum Gasteiger partial charge on any atom is -0.465 e. The zero-order chi connectivity index (χ0) is 14.2. The van der Waals surface area contributed by atoms with Gasteiger partial charge in [0.05, 0.1) is 6.10 Å². The van der Waals surface area contributed by atoms with E-state index in [9.17, 15) is 9.90 Å². The Labute approximate surface area is 121 Å². The first-order valence-electron chi connectivity index (χ1n) is 8.20. The molecule has 2 aliphatic heterocycles. The van der Waals surface area contributed by atoms with Crippen molar-refractivity contribution in [3.63, 3.8) is 0 Å². The Kier molecular flexibility index (Phi) is 3.93. The Hall–Kier alpha value is -0.770. The Morgan fingerprint density at radius 2 is 1.85 bits per heavy atom. The van der Waals surface area contributed by atoms with Crippen molar-refractivity contribution in [2.24, 2.45) is 5.92 Å². The molecule has 2 saturated heterocycles. The summed E-state index contributed by atoms with van der Waals surface area (Å²) in [7, 11) is 1.81. The molecular weight excluding hydrogens is 254 g/mol. The molecule has 0 unspecified atom stereocenters. The fourth-order valence-electron chi connectivity index (χ4n) is 4.88. The Morgan fingerprint density at radius 3 is 2.40 bits per heavy atom. The SMILES string of the molecule is CO[C@H]1CC[C@H](CCC23CCC(CC2)N3C(=O)O)CC1. The van der Waals surface area contributed by atoms with Crippen LogP contribution in [0.4, 0.5) is 4.79 Å². The Bertz CT molecular complexity index is 355. The lowest BCUT2D eigenvalue weighted by Crippen LogP contribution is -2.44. The van der Waals surface area contributed by atoms with Gasteiger partial charge in [0.25, 0.3) is 0 Å². The van der Waals surface area contributed by atoms with Crippen LogP contribution in [0.25, 0.3) is 0 Å². The smallest absolute Gasteiger partial charge is 0.408 e. The van der Waals surface area contributed by atoms with Crippen LogP contribution in [0.2, 0.25) is 0 Å². The first-order chi connectivity index (χ1) is 9.64. The van der Waals surface area contributed by atoms with E-state index in [4.69, 9.17) is 4.74 Å². The summed E-state index contributed by atoms with van der Waals surface area (Å²) < 4.78 is 5.43. The quantitative estimate of drug-likeness (QED) is 0.855. The molecule has 3 aliphatic rings. The van der Waals surface area contributed by atoms with E-state index < -0.39 is 6.09 Å². The molecule has 1 amide bonds. The lowest BCUT2D eigenvalue weighted by molar-refractivity contribution is 0.0511. The van der Waals surface area contributed by atoms with Crippen molar-refractivity contribution in [1.82, 2.24) is 4.90 Å². The fourth-order valence-corrected chi connectivity index (χ4v) is 4.88. The number of hydrogen-bond donors (Lipinski definition) is 1. The average Bonchev–Trinajstić information content (AvgIpc) is 3.01. The predicted octanol–water partition coefficient (Wildman–Crippen LogP) is 3.65. The predicted molar refractivity (Wildman–Crippen MR) is 76.8 cm³/mol. The van der Waals surface area contributed by atoms with Crippen LogP contribution in [0.5, 0.6) is 0 Å². The van der Waals surface area contributed by atoms with Crippen LogP contribution >= 0.6 is 0 Å². The van der Waals surface area contributed by atoms with Gasteiger partial charge in [-0.1, -0.05) is 0 Å². The lowest BCUT2D eigenvalue weighted by Gasteiger charge is -2.35. The van der Waals surface area contributed by atoms with Gasteiger partial charge < -0.3 is 9.84 Å². The molecule has 0 atom stereocenters. The summed E-state index contributed by atoms with van der Waals surface area (Å²) in [4.78, 5) is 13.3. The summed E-state index contributed by atoms with van der Waals surface area (Å²) >= 11 is 0. The van der Waals surface area contributed by atoms with Crippen LogP contribution in [0.3, 0.4) is 0 Å². The van der Waals surface area contributed by atoms with Gasteiger partial charge >= 0.3 is 6.09 Å². The molecule has 4 heteroatoms. The van der Waals surface area contributed by atoms with Gasteiger partial charge in [0.2, 0.25) is 0 Å². The first kappa shape index (κ1) is 14.2. The molecule has 0 aromatic carbocycles. The molecule has 114 valence electrons. The van der Waals surface area contributed by atoms with Crippen LogP contribution < -0.4 is 0 Å². The van der Waals surface area contributed by atoms with Crippen molar-refractivity contribution >= 4 is 6.09 Å². The average molecular weight is 281 g/mol. The van der Waals surface area contributed by atoms with Gasteiger partial charge in [-0.2, -0.15) is 0 Å². The third-order valence-corrected chi connectivity index (χ3v) is 6.11. The number of carbonyl (C=O) groups is 1. The maximum atomic E-state index is 11.5. The van der Waals surface area contributed by atoms with Crippen molar-refractivity contribution < 1.29 is 14.6 Å². The Balaban J connectivity index is 1.54. The van der Waals surface area contributed by atoms with Gasteiger partial charge in [0, 0.05) is 18.7 Å². The minimum absolute atomic E-state index is 0.00535. The summed E-state index contributed by atoms with van der Waals surface area (Å²) in [5.74, 6) is 0.783. The van der Waals surface area contributed by atoms with Crippen LogP contribution in [0.1, 0.15) is 64.2 Å². The highest BCUT2D eigenvalue weighted by Gasteiger charge is 2.53. The number of hydrogen-bond acceptors (Lipinski definition) is 2. The second-order valence-electron chi connectivity index (χ2n) is 7.03. The van der Waals surface area contributed by atoms with Crippen molar-refractivity contribution in [2.45, 2.75) is 81.9 Å². The van der Waals surface area contributed by atoms with E-state index in [2.05, 4.69) is 0 Å². The lowest BCUT2D eigenvalue weighted by atomic mass is 9.78. The van der Waals surface area contributed by atoms with Gasteiger partial charge in [-0.25, -0.2) is 4.79 Å². The molecule has 0 aromatic heterocycles. The number of ether oxygens (including phenoxy) is 1. The third kappa shape index (κ3) is 2.43. The van der Waals surface area contributed by atoms with Gasteiger partial charge in [-0.3, -0.25) is 4.90 Å². The number of methoxy groups -OCH3 is 1. The zero-order valence-corrected chi connectivity index (χ0v) is 12.5. The maximum absolute atomic E-state index is 11.5. The van der Waals surface area contributed by atoms with E-state index in [-0.39, 0.29) is 5.54 Å². The maximum Gasteiger partial charge on any atom is 0.408 e. The standard InChI is InChI=1S/C16H27NO3/c1-20-14-4-2-12(3-5-14)6-9-16-10-7-13(8-11-16)17(16)15(18)19/h12-14H,2-11H2,1H3,(H,18,19)/t12-,13?,14-,16?. The highest BCUT2D eigenvalue weighted by Crippen LogP contribution is 2.49. The molecule has 1 saturated carbocycles. The largest absolute Gasteiger partial charge is 0.465 e. The van der Waals surface area contributed by atoms with Crippen molar-refractivity contribution in [3.8, 4) is 0 Å². The first-order valence-corrected chi connectivity index (χ1v) is 8.20. The molecule has 3 fully saturated rings. The van der Waals surface area contributed by atoms with E-state index in [1.807, 2.05) is 12.0 Å². The number of fused-ring (bicyclic) bond motifs is 2. The molecule has 1 aliphatic carbocycles. The monoisotopic (exact) mass is 281 g/mol. The van der Waals surface area contributed by atoms with E-state index in [0.29, 0.717) is 12.1 Å². The van der Waals surface area contributed by atoms with E-state index in [1.54, 1.807) is 0 Å². The third-order valence-electron chi connectivity index (χ3n) is 6.11. The van der Waals surface area contributed by atoms with Crippen LogP contribution in [-0.4, -0.2) is 40.9 Å². The topological polar surface area (TPSA) is 49.8 Å². The van der Waals surface area contributed by atoms with Crippen LogP contribution in [-0.2, 0) is 4.74 Å². The summed E-state index contributed by atoms with van der Waals surface area (Å²) in [5, 5.41) is 9.47. The summed E-state index contributed by atoms with van der Waals surface area (Å²) in [6.45, 7) is 0. The summed E-state index contributed by atoms with van der Waals surface area (Å²) in [5.41, 5.74) is -0.00535. The zero-order valence-electron chi connectivity index (χ0n) is 12.5. The van der Waals surface area contributed by atoms with Gasteiger partial charge in [-0.15, -0.1) is 0 Å². The number of carboxylic acid groups (broad SMARTS) is 1. The molecule has 0 radical (unpaired) electrons. The molecule has 0 aromatic rings. The van der Waals surface area contributed by atoms with Gasteiger partial charge in [-0.05, 0) is 70.1 Å². The molecule has 2 bridgehead atoms. The fraction of sp³-hybridized carbons (Fsp3) is 0.938. The van der Waals surface area contributed by atoms with Crippen LogP contribution in [0.15, 0.2) is 0 Å². The molecule has 3 rings (SSSR count). The molecule has 20 heavy (non-hydrogen) atoms. The van der Waals surface area contributed by atoms with E-state index >= 15 is 0 Å². The van der Waals surface area contributed by atoms with Crippen molar-refractivity contribution in [2.75, 3.05) is 7.11 Å². The number of nitrogens with zero attached hydrogens (tertiary/aromatic N) is 1. The van der Waals surface area contributed by atoms with Gasteiger partial charge in [0.15, 0.2) is 0 Å². The van der Waals surface area contributed by atoms with E-state index in [0.717, 1.165) is 38.0 Å².